The van der Waals surface area contributed by atoms with Crippen molar-refractivity contribution in [3.63, 3.8) is 0 Å². The summed E-state index contributed by atoms with van der Waals surface area (Å²) in [6.07, 6.45) is 9.77. The maximum absolute atomic E-state index is 6.15. The number of hydrogen-bond donors (Lipinski definition) is 0. The molecule has 1 aromatic rings. The van der Waals surface area contributed by atoms with E-state index < -0.39 is 0 Å². The van der Waals surface area contributed by atoms with Crippen molar-refractivity contribution in [2.75, 3.05) is 0 Å². The predicted octanol–water partition coefficient (Wildman–Crippen LogP) is 4.21. The molecule has 0 spiro atoms. The van der Waals surface area contributed by atoms with Crippen LogP contribution in [0.4, 0.5) is 0 Å². The van der Waals surface area contributed by atoms with Gasteiger partial charge in [-0.25, -0.2) is 0 Å². The van der Waals surface area contributed by atoms with Gasteiger partial charge in [0, 0.05) is 5.92 Å². The zero-order chi connectivity index (χ0) is 12.4. The Kier molecular flexibility index (Phi) is 3.33. The largest absolute Gasteiger partial charge is 0.370 e. The van der Waals surface area contributed by atoms with Crippen LogP contribution in [0.1, 0.15) is 31.2 Å². The van der Waals surface area contributed by atoms with Gasteiger partial charge in [0.15, 0.2) is 0 Å². The van der Waals surface area contributed by atoms with Crippen LogP contribution in [0.5, 0.6) is 0 Å². The van der Waals surface area contributed by atoms with Crippen LogP contribution in [0.15, 0.2) is 48.6 Å². The number of ether oxygens (including phenoxy) is 1. The molecular formula is C17H20O. The summed E-state index contributed by atoms with van der Waals surface area (Å²) >= 11 is 0. The van der Waals surface area contributed by atoms with Crippen LogP contribution >= 0.6 is 0 Å². The van der Waals surface area contributed by atoms with Crippen LogP contribution < -0.4 is 0 Å². The topological polar surface area (TPSA) is 9.23 Å². The summed E-state index contributed by atoms with van der Waals surface area (Å²) in [6, 6.07) is 10.4. The van der Waals surface area contributed by atoms with Crippen LogP contribution in [0, 0.1) is 5.92 Å². The summed E-state index contributed by atoms with van der Waals surface area (Å²) in [5.41, 5.74) is 2.63. The highest BCUT2D eigenvalue weighted by Crippen LogP contribution is 2.40. The van der Waals surface area contributed by atoms with Crippen molar-refractivity contribution in [1.29, 1.82) is 0 Å². The van der Waals surface area contributed by atoms with E-state index >= 15 is 0 Å². The molecule has 3 rings (SSSR count). The molecule has 2 aliphatic rings. The van der Waals surface area contributed by atoms with Crippen LogP contribution in [0.3, 0.4) is 0 Å². The maximum Gasteiger partial charge on any atom is 0.0800 e. The summed E-state index contributed by atoms with van der Waals surface area (Å²) in [4.78, 5) is 0. The molecule has 0 aromatic heterocycles. The second kappa shape index (κ2) is 5.11. The number of fused-ring (bicyclic) bond motifs is 1. The first-order chi connectivity index (χ1) is 8.83. The highest BCUT2D eigenvalue weighted by Gasteiger charge is 2.36. The lowest BCUT2D eigenvalue weighted by atomic mass is 9.89. The average Bonchev–Trinajstić information content (AvgIpc) is 2.86. The van der Waals surface area contributed by atoms with Gasteiger partial charge in [0.1, 0.15) is 0 Å². The molecule has 2 fully saturated rings. The minimum Gasteiger partial charge on any atom is -0.370 e. The van der Waals surface area contributed by atoms with Gasteiger partial charge in [0.2, 0.25) is 0 Å². The van der Waals surface area contributed by atoms with E-state index in [4.69, 9.17) is 4.74 Å². The minimum absolute atomic E-state index is 0.219. The van der Waals surface area contributed by atoms with Crippen molar-refractivity contribution in [1.82, 2.24) is 0 Å². The summed E-state index contributed by atoms with van der Waals surface area (Å²) in [5, 5.41) is 0. The Hall–Kier alpha value is -1.34. The van der Waals surface area contributed by atoms with E-state index in [9.17, 15) is 0 Å². The molecule has 0 amide bonds. The third-order valence-corrected chi connectivity index (χ3v) is 4.09. The van der Waals surface area contributed by atoms with Gasteiger partial charge in [0.05, 0.1) is 12.2 Å². The van der Waals surface area contributed by atoms with Crippen LogP contribution in [0.2, 0.25) is 0 Å². The van der Waals surface area contributed by atoms with E-state index in [0.29, 0.717) is 12.0 Å². The van der Waals surface area contributed by atoms with Gasteiger partial charge >= 0.3 is 0 Å². The predicted molar refractivity (Wildman–Crippen MR) is 75.2 cm³/mol. The molecule has 0 bridgehead atoms. The van der Waals surface area contributed by atoms with Crippen molar-refractivity contribution in [2.45, 2.75) is 37.9 Å². The van der Waals surface area contributed by atoms with Gasteiger partial charge in [-0.2, -0.15) is 0 Å². The Labute approximate surface area is 109 Å². The van der Waals surface area contributed by atoms with Crippen molar-refractivity contribution < 1.29 is 4.74 Å². The molecule has 0 unspecified atom stereocenters. The smallest absolute Gasteiger partial charge is 0.0800 e. The van der Waals surface area contributed by atoms with Gasteiger partial charge in [-0.05, 0) is 24.8 Å². The Bertz CT molecular complexity index is 446. The number of benzene rings is 1. The molecule has 1 saturated heterocycles. The fourth-order valence-electron chi connectivity index (χ4n) is 3.13. The molecule has 1 aliphatic heterocycles. The summed E-state index contributed by atoms with van der Waals surface area (Å²) in [6.45, 7) is 4.25. The molecule has 1 aromatic carbocycles. The molecular weight excluding hydrogens is 220 g/mol. The first kappa shape index (κ1) is 11.7. The number of rotatable bonds is 2. The fourth-order valence-corrected chi connectivity index (χ4v) is 3.13. The SMILES string of the molecule is C=C1C[C@@H](/C=C/c2ccccc2)O[C@H]2CCC[C@H]12. The minimum atomic E-state index is 0.219. The third kappa shape index (κ3) is 2.41. The molecule has 0 radical (unpaired) electrons. The fraction of sp³-hybridized carbons (Fsp3) is 0.412. The summed E-state index contributed by atoms with van der Waals surface area (Å²) in [7, 11) is 0. The highest BCUT2D eigenvalue weighted by atomic mass is 16.5. The zero-order valence-electron chi connectivity index (χ0n) is 10.7. The Morgan fingerprint density at radius 3 is 2.83 bits per heavy atom. The third-order valence-electron chi connectivity index (χ3n) is 4.09. The van der Waals surface area contributed by atoms with Gasteiger partial charge in [-0.3, -0.25) is 0 Å². The van der Waals surface area contributed by atoms with Gasteiger partial charge in [0.25, 0.3) is 0 Å². The van der Waals surface area contributed by atoms with Crippen LogP contribution in [0.25, 0.3) is 6.08 Å². The monoisotopic (exact) mass is 240 g/mol. The van der Waals surface area contributed by atoms with Crippen molar-refractivity contribution in [3.05, 3.63) is 54.1 Å². The standard InChI is InChI=1S/C17H20O/c1-13-12-15(18-17-9-5-8-16(13)17)11-10-14-6-3-2-4-7-14/h2-4,6-7,10-11,15-17H,1,5,8-9,12H2/b11-10+/t15-,16-,17+/m1/s1. The van der Waals surface area contributed by atoms with Gasteiger partial charge in [-0.1, -0.05) is 61.1 Å². The lowest BCUT2D eigenvalue weighted by Gasteiger charge is -2.33. The second-order valence-corrected chi connectivity index (χ2v) is 5.38. The van der Waals surface area contributed by atoms with Crippen molar-refractivity contribution >= 4 is 6.08 Å². The summed E-state index contributed by atoms with van der Waals surface area (Å²) in [5.74, 6) is 0.631. The normalized spacial score (nSPS) is 31.8. The van der Waals surface area contributed by atoms with Gasteiger partial charge < -0.3 is 4.74 Å². The first-order valence-electron chi connectivity index (χ1n) is 6.89. The van der Waals surface area contributed by atoms with E-state index in [0.717, 1.165) is 6.42 Å². The molecule has 94 valence electrons. The van der Waals surface area contributed by atoms with Gasteiger partial charge in [-0.15, -0.1) is 0 Å². The molecule has 1 saturated carbocycles. The molecule has 1 aliphatic carbocycles. The Morgan fingerprint density at radius 1 is 1.17 bits per heavy atom. The Morgan fingerprint density at radius 2 is 2.00 bits per heavy atom. The van der Waals surface area contributed by atoms with Crippen LogP contribution in [-0.2, 0) is 4.74 Å². The second-order valence-electron chi connectivity index (χ2n) is 5.38. The molecule has 1 heteroatoms. The van der Waals surface area contributed by atoms with E-state index in [1.807, 2.05) is 6.07 Å². The van der Waals surface area contributed by atoms with Crippen molar-refractivity contribution in [2.24, 2.45) is 5.92 Å². The Balaban J connectivity index is 1.67. The molecule has 0 N–H and O–H groups in total. The molecule has 3 atom stereocenters. The van der Waals surface area contributed by atoms with E-state index in [1.54, 1.807) is 0 Å². The number of hydrogen-bond acceptors (Lipinski definition) is 1. The molecule has 18 heavy (non-hydrogen) atoms. The molecule has 1 nitrogen and oxygen atoms in total. The summed E-state index contributed by atoms with van der Waals surface area (Å²) < 4.78 is 6.15. The zero-order valence-corrected chi connectivity index (χ0v) is 10.7. The first-order valence-corrected chi connectivity index (χ1v) is 6.89. The van der Waals surface area contributed by atoms with Crippen LogP contribution in [-0.4, -0.2) is 12.2 Å². The van der Waals surface area contributed by atoms with E-state index in [1.165, 1.54) is 30.4 Å². The van der Waals surface area contributed by atoms with E-state index in [-0.39, 0.29) is 6.10 Å². The van der Waals surface area contributed by atoms with E-state index in [2.05, 4.69) is 43.0 Å². The quantitative estimate of drug-likeness (QED) is 0.703. The average molecular weight is 240 g/mol. The maximum atomic E-state index is 6.15. The lowest BCUT2D eigenvalue weighted by molar-refractivity contribution is -0.0231. The van der Waals surface area contributed by atoms with Crippen molar-refractivity contribution in [3.8, 4) is 0 Å². The lowest BCUT2D eigenvalue weighted by Crippen LogP contribution is -2.32. The molecule has 1 heterocycles. The highest BCUT2D eigenvalue weighted by molar-refractivity contribution is 5.49.